The number of halogens is 3. The molecule has 1 amide bonds. The summed E-state index contributed by atoms with van der Waals surface area (Å²) in [6.07, 6.45) is -1.25. The van der Waals surface area contributed by atoms with Crippen LogP contribution in [0.3, 0.4) is 0 Å². The van der Waals surface area contributed by atoms with Crippen LogP contribution in [0.2, 0.25) is 0 Å². The van der Waals surface area contributed by atoms with Crippen LogP contribution in [0.1, 0.15) is 17.3 Å². The maximum absolute atomic E-state index is 13.1. The molecule has 0 unspecified atom stereocenters. The number of carbonyl (C=O) groups is 2. The Kier molecular flexibility index (Phi) is 6.21. The topological polar surface area (TPSA) is 89.5 Å². The van der Waals surface area contributed by atoms with Crippen molar-refractivity contribution in [3.05, 3.63) is 59.9 Å². The number of esters is 1. The van der Waals surface area contributed by atoms with E-state index in [1.54, 1.807) is 0 Å². The number of carbonyl (C=O) groups excluding carboxylic acids is 2. The number of nitrogens with one attached hydrogen (secondary N) is 1. The van der Waals surface area contributed by atoms with E-state index >= 15 is 0 Å². The third-order valence-corrected chi connectivity index (χ3v) is 4.80. The van der Waals surface area contributed by atoms with Crippen molar-refractivity contribution in [3.63, 3.8) is 0 Å². The first-order chi connectivity index (χ1) is 12.6. The first-order valence-electron chi connectivity index (χ1n) is 7.51. The zero-order chi connectivity index (χ0) is 20.2. The lowest BCUT2D eigenvalue weighted by molar-refractivity contribution is -0.123. The van der Waals surface area contributed by atoms with E-state index in [-0.39, 0.29) is 11.3 Å². The van der Waals surface area contributed by atoms with E-state index in [1.165, 1.54) is 25.1 Å². The van der Waals surface area contributed by atoms with Gasteiger partial charge in [0.1, 0.15) is 5.82 Å². The Labute approximate surface area is 152 Å². The Hall–Kier alpha value is -2.88. The second-order valence-corrected chi connectivity index (χ2v) is 7.29. The molecule has 2 aromatic rings. The molecule has 1 atom stereocenters. The van der Waals surface area contributed by atoms with E-state index in [2.05, 4.69) is 5.32 Å². The van der Waals surface area contributed by atoms with Gasteiger partial charge in [-0.2, -0.15) is 8.78 Å². The Morgan fingerprint density at radius 3 is 2.26 bits per heavy atom. The van der Waals surface area contributed by atoms with Crippen molar-refractivity contribution in [3.8, 4) is 0 Å². The molecule has 27 heavy (non-hydrogen) atoms. The van der Waals surface area contributed by atoms with Gasteiger partial charge in [-0.05, 0) is 49.4 Å². The smallest absolute Gasteiger partial charge is 0.341 e. The summed E-state index contributed by atoms with van der Waals surface area (Å²) in [5.74, 6) is -5.82. The van der Waals surface area contributed by atoms with Gasteiger partial charge in [-0.3, -0.25) is 4.79 Å². The summed E-state index contributed by atoms with van der Waals surface area (Å²) in [4.78, 5) is 23.3. The number of hydrogen-bond donors (Lipinski definition) is 1. The second kappa shape index (κ2) is 8.21. The summed E-state index contributed by atoms with van der Waals surface area (Å²) >= 11 is 0. The Morgan fingerprint density at radius 2 is 1.70 bits per heavy atom. The number of sulfone groups is 1. The zero-order valence-electron chi connectivity index (χ0n) is 13.9. The van der Waals surface area contributed by atoms with Crippen molar-refractivity contribution in [2.75, 3.05) is 5.32 Å². The van der Waals surface area contributed by atoms with Crippen LogP contribution >= 0.6 is 0 Å². The van der Waals surface area contributed by atoms with Crippen LogP contribution in [0.5, 0.6) is 0 Å². The van der Waals surface area contributed by atoms with E-state index in [4.69, 9.17) is 4.74 Å². The molecule has 0 aromatic heterocycles. The lowest BCUT2D eigenvalue weighted by Crippen LogP contribution is -2.30. The standard InChI is InChI=1S/C17H14F3NO5S/c1-10(15(22)21-13-4-2-3-12(18)9-13)26-16(23)11-5-7-14(8-6-11)27(24,25)17(19)20/h2-10,17H,1H3,(H,21,22)/t10-/m0/s1. The van der Waals surface area contributed by atoms with Gasteiger partial charge in [0.05, 0.1) is 10.5 Å². The molecule has 0 aliphatic heterocycles. The molecule has 144 valence electrons. The summed E-state index contributed by atoms with van der Waals surface area (Å²) in [5.41, 5.74) is 0.0399. The molecule has 0 fully saturated rings. The summed E-state index contributed by atoms with van der Waals surface area (Å²) in [7, 11) is -4.77. The van der Waals surface area contributed by atoms with E-state index in [0.29, 0.717) is 0 Å². The quantitative estimate of drug-likeness (QED) is 0.752. The maximum atomic E-state index is 13.1. The third-order valence-electron chi connectivity index (χ3n) is 3.40. The molecule has 6 nitrogen and oxygen atoms in total. The Bertz CT molecular complexity index is 945. The summed E-state index contributed by atoms with van der Waals surface area (Å²) in [6, 6.07) is 8.77. The van der Waals surface area contributed by atoms with Gasteiger partial charge in [0.25, 0.3) is 5.91 Å². The van der Waals surface area contributed by atoms with E-state index < -0.39 is 44.3 Å². The Balaban J connectivity index is 2.02. The summed E-state index contributed by atoms with van der Waals surface area (Å²) < 4.78 is 65.6. The fraction of sp³-hybridized carbons (Fsp3) is 0.176. The predicted molar refractivity (Wildman–Crippen MR) is 89.5 cm³/mol. The van der Waals surface area contributed by atoms with Gasteiger partial charge in [0.15, 0.2) is 6.10 Å². The monoisotopic (exact) mass is 401 g/mol. The van der Waals surface area contributed by atoms with Crippen LogP contribution in [-0.2, 0) is 19.4 Å². The number of anilines is 1. The molecule has 2 aromatic carbocycles. The summed E-state index contributed by atoms with van der Waals surface area (Å²) in [5, 5.41) is 2.36. The van der Waals surface area contributed by atoms with E-state index in [1.807, 2.05) is 0 Å². The average Bonchev–Trinajstić information content (AvgIpc) is 2.61. The minimum atomic E-state index is -4.77. The normalized spacial score (nSPS) is 12.5. The van der Waals surface area contributed by atoms with E-state index in [0.717, 1.165) is 30.3 Å². The third kappa shape index (κ3) is 5.07. The van der Waals surface area contributed by atoms with Crippen LogP contribution in [0.4, 0.5) is 18.9 Å². The minimum Gasteiger partial charge on any atom is -0.449 e. The molecule has 1 N–H and O–H groups in total. The molecule has 2 rings (SSSR count). The van der Waals surface area contributed by atoms with Crippen LogP contribution < -0.4 is 5.32 Å². The number of benzene rings is 2. The average molecular weight is 401 g/mol. The highest BCUT2D eigenvalue weighted by atomic mass is 32.2. The molecule has 10 heteroatoms. The molecule has 0 aliphatic rings. The van der Waals surface area contributed by atoms with Crippen molar-refractivity contribution >= 4 is 27.4 Å². The number of amides is 1. The largest absolute Gasteiger partial charge is 0.449 e. The number of alkyl halides is 2. The molecule has 0 aliphatic carbocycles. The second-order valence-electron chi connectivity index (χ2n) is 5.38. The Morgan fingerprint density at radius 1 is 1.07 bits per heavy atom. The highest BCUT2D eigenvalue weighted by Gasteiger charge is 2.27. The molecule has 0 saturated carbocycles. The van der Waals surface area contributed by atoms with Gasteiger partial charge in [-0.25, -0.2) is 17.6 Å². The molecular weight excluding hydrogens is 387 g/mol. The van der Waals surface area contributed by atoms with Crippen LogP contribution in [0, 0.1) is 5.82 Å². The minimum absolute atomic E-state index is 0.131. The maximum Gasteiger partial charge on any atom is 0.341 e. The molecular formula is C17H14F3NO5S. The van der Waals surface area contributed by atoms with Crippen LogP contribution in [-0.4, -0.2) is 32.2 Å². The van der Waals surface area contributed by atoms with Crippen molar-refractivity contribution in [1.82, 2.24) is 0 Å². The molecule has 0 radical (unpaired) electrons. The fourth-order valence-electron chi connectivity index (χ4n) is 1.98. The molecule has 0 heterocycles. The van der Waals surface area contributed by atoms with Gasteiger partial charge < -0.3 is 10.1 Å². The molecule has 0 spiro atoms. The number of ether oxygens (including phenoxy) is 1. The van der Waals surface area contributed by atoms with E-state index in [9.17, 15) is 31.2 Å². The summed E-state index contributed by atoms with van der Waals surface area (Å²) in [6.45, 7) is 1.28. The van der Waals surface area contributed by atoms with Gasteiger partial charge in [-0.1, -0.05) is 6.07 Å². The number of hydrogen-bond acceptors (Lipinski definition) is 5. The van der Waals surface area contributed by atoms with Gasteiger partial charge in [-0.15, -0.1) is 0 Å². The predicted octanol–water partition coefficient (Wildman–Crippen LogP) is 3.01. The lowest BCUT2D eigenvalue weighted by atomic mass is 10.2. The first kappa shape index (κ1) is 20.4. The van der Waals surface area contributed by atoms with Crippen LogP contribution in [0.25, 0.3) is 0 Å². The van der Waals surface area contributed by atoms with Gasteiger partial charge in [0.2, 0.25) is 9.84 Å². The van der Waals surface area contributed by atoms with Gasteiger partial charge >= 0.3 is 11.7 Å². The highest BCUT2D eigenvalue weighted by Crippen LogP contribution is 2.19. The molecule has 0 saturated heterocycles. The van der Waals surface area contributed by atoms with Crippen molar-refractivity contribution in [2.24, 2.45) is 0 Å². The SMILES string of the molecule is C[C@H](OC(=O)c1ccc(S(=O)(=O)C(F)F)cc1)C(=O)Nc1cccc(F)c1. The van der Waals surface area contributed by atoms with Gasteiger partial charge in [0, 0.05) is 5.69 Å². The highest BCUT2D eigenvalue weighted by molar-refractivity contribution is 7.91. The zero-order valence-corrected chi connectivity index (χ0v) is 14.7. The van der Waals surface area contributed by atoms with Crippen molar-refractivity contribution in [2.45, 2.75) is 23.7 Å². The van der Waals surface area contributed by atoms with Crippen LogP contribution in [0.15, 0.2) is 53.4 Å². The van der Waals surface area contributed by atoms with Crippen molar-refractivity contribution < 1.29 is 35.9 Å². The number of rotatable bonds is 6. The van der Waals surface area contributed by atoms with Crippen molar-refractivity contribution in [1.29, 1.82) is 0 Å². The first-order valence-corrected chi connectivity index (χ1v) is 9.05. The lowest BCUT2D eigenvalue weighted by Gasteiger charge is -2.14. The molecule has 0 bridgehead atoms. The fourth-order valence-corrected chi connectivity index (χ4v) is 2.70.